The van der Waals surface area contributed by atoms with Crippen molar-refractivity contribution in [1.29, 1.82) is 0 Å². The standard InChI is InChI=1S/C16H34/c1-9-10-12(2)14(4)15(5)13(3)11-16(6,7)8/h12-15H,9-11H2,1-8H3/t12?,13?,14-,15-/m1/s1. The maximum Gasteiger partial charge on any atom is -0.0380 e. The molecule has 0 amide bonds. The van der Waals surface area contributed by atoms with Gasteiger partial charge in [0.25, 0.3) is 0 Å². The maximum absolute atomic E-state index is 2.45. The summed E-state index contributed by atoms with van der Waals surface area (Å²) in [7, 11) is 0. The molecule has 0 aliphatic rings. The summed E-state index contributed by atoms with van der Waals surface area (Å²) in [5.41, 5.74) is 0.474. The van der Waals surface area contributed by atoms with Crippen LogP contribution in [0, 0.1) is 29.1 Å². The minimum atomic E-state index is 0.474. The van der Waals surface area contributed by atoms with E-state index in [2.05, 4.69) is 55.4 Å². The zero-order chi connectivity index (χ0) is 12.9. The molecular formula is C16H34. The molecule has 0 aliphatic carbocycles. The number of hydrogen-bond donors (Lipinski definition) is 0. The molecule has 0 rings (SSSR count). The highest BCUT2D eigenvalue weighted by Crippen LogP contribution is 2.35. The monoisotopic (exact) mass is 226 g/mol. The van der Waals surface area contributed by atoms with E-state index in [1.54, 1.807) is 0 Å². The van der Waals surface area contributed by atoms with E-state index in [0.29, 0.717) is 5.41 Å². The Bertz CT molecular complexity index is 175. The van der Waals surface area contributed by atoms with Gasteiger partial charge in [-0.3, -0.25) is 0 Å². The first-order chi connectivity index (χ1) is 7.19. The van der Waals surface area contributed by atoms with Crippen molar-refractivity contribution >= 4 is 0 Å². The van der Waals surface area contributed by atoms with Crippen LogP contribution in [0.2, 0.25) is 0 Å². The van der Waals surface area contributed by atoms with Gasteiger partial charge in [0.15, 0.2) is 0 Å². The van der Waals surface area contributed by atoms with E-state index in [0.717, 1.165) is 23.7 Å². The molecule has 0 aromatic rings. The summed E-state index contributed by atoms with van der Waals surface area (Å²) in [6.45, 7) is 19.1. The van der Waals surface area contributed by atoms with E-state index in [1.807, 2.05) is 0 Å². The predicted octanol–water partition coefficient (Wildman–Crippen LogP) is 5.77. The van der Waals surface area contributed by atoms with Gasteiger partial charge in [0, 0.05) is 0 Å². The first kappa shape index (κ1) is 16.0. The Kier molecular flexibility index (Phi) is 6.67. The fourth-order valence-electron chi connectivity index (χ4n) is 2.91. The molecule has 0 aromatic carbocycles. The first-order valence-electron chi connectivity index (χ1n) is 7.19. The molecule has 98 valence electrons. The highest BCUT2D eigenvalue weighted by Gasteiger charge is 2.26. The van der Waals surface area contributed by atoms with Crippen LogP contribution >= 0.6 is 0 Å². The molecule has 0 fully saturated rings. The van der Waals surface area contributed by atoms with Crippen molar-refractivity contribution in [2.75, 3.05) is 0 Å². The highest BCUT2D eigenvalue weighted by molar-refractivity contribution is 4.76. The lowest BCUT2D eigenvalue weighted by atomic mass is 9.72. The topological polar surface area (TPSA) is 0 Å². The van der Waals surface area contributed by atoms with E-state index in [4.69, 9.17) is 0 Å². The largest absolute Gasteiger partial charge is 0.0654 e. The Morgan fingerprint density at radius 3 is 1.62 bits per heavy atom. The molecule has 0 heterocycles. The van der Waals surface area contributed by atoms with Crippen LogP contribution in [-0.4, -0.2) is 0 Å². The molecule has 0 N–H and O–H groups in total. The summed E-state index contributed by atoms with van der Waals surface area (Å²) in [5, 5.41) is 0. The van der Waals surface area contributed by atoms with Gasteiger partial charge in [-0.1, -0.05) is 68.2 Å². The summed E-state index contributed by atoms with van der Waals surface area (Å²) >= 11 is 0. The summed E-state index contributed by atoms with van der Waals surface area (Å²) in [6, 6.07) is 0. The molecule has 0 heteroatoms. The fraction of sp³-hybridized carbons (Fsp3) is 1.00. The highest BCUT2D eigenvalue weighted by atomic mass is 14.3. The summed E-state index contributed by atoms with van der Waals surface area (Å²) < 4.78 is 0. The smallest absolute Gasteiger partial charge is 0.0380 e. The van der Waals surface area contributed by atoms with Gasteiger partial charge in [0.05, 0.1) is 0 Å². The molecule has 0 saturated carbocycles. The van der Waals surface area contributed by atoms with Crippen molar-refractivity contribution in [2.45, 2.75) is 74.7 Å². The zero-order valence-electron chi connectivity index (χ0n) is 12.9. The van der Waals surface area contributed by atoms with Gasteiger partial charge in [-0.2, -0.15) is 0 Å². The second-order valence-electron chi connectivity index (χ2n) is 7.23. The third-order valence-electron chi connectivity index (χ3n) is 4.30. The zero-order valence-corrected chi connectivity index (χ0v) is 12.9. The third-order valence-corrected chi connectivity index (χ3v) is 4.30. The van der Waals surface area contributed by atoms with Gasteiger partial charge >= 0.3 is 0 Å². The van der Waals surface area contributed by atoms with Gasteiger partial charge in [0.2, 0.25) is 0 Å². The summed E-state index contributed by atoms with van der Waals surface area (Å²) in [4.78, 5) is 0. The molecule has 4 atom stereocenters. The van der Waals surface area contributed by atoms with Crippen LogP contribution in [0.4, 0.5) is 0 Å². The van der Waals surface area contributed by atoms with Crippen LogP contribution in [0.25, 0.3) is 0 Å². The van der Waals surface area contributed by atoms with Gasteiger partial charge in [-0.05, 0) is 35.5 Å². The molecule has 0 aromatic heterocycles. The Labute approximate surface area is 104 Å². The third kappa shape index (κ3) is 5.92. The SMILES string of the molecule is CCCC(C)[C@@H](C)[C@H](C)C(C)CC(C)(C)C. The van der Waals surface area contributed by atoms with E-state index in [9.17, 15) is 0 Å². The quantitative estimate of drug-likeness (QED) is 0.539. The van der Waals surface area contributed by atoms with Crippen molar-refractivity contribution in [3.8, 4) is 0 Å². The molecule has 0 nitrogen and oxygen atoms in total. The van der Waals surface area contributed by atoms with Crippen LogP contribution in [-0.2, 0) is 0 Å². The van der Waals surface area contributed by atoms with Gasteiger partial charge in [-0.25, -0.2) is 0 Å². The van der Waals surface area contributed by atoms with Gasteiger partial charge in [0.1, 0.15) is 0 Å². The predicted molar refractivity (Wildman–Crippen MR) is 75.6 cm³/mol. The second-order valence-corrected chi connectivity index (χ2v) is 7.23. The van der Waals surface area contributed by atoms with E-state index < -0.39 is 0 Å². The van der Waals surface area contributed by atoms with E-state index in [-0.39, 0.29) is 0 Å². The Balaban J connectivity index is 4.25. The maximum atomic E-state index is 2.45. The fourth-order valence-corrected chi connectivity index (χ4v) is 2.91. The molecule has 2 unspecified atom stereocenters. The Morgan fingerprint density at radius 2 is 1.25 bits per heavy atom. The van der Waals surface area contributed by atoms with Gasteiger partial charge in [-0.15, -0.1) is 0 Å². The van der Waals surface area contributed by atoms with Crippen molar-refractivity contribution in [1.82, 2.24) is 0 Å². The lowest BCUT2D eigenvalue weighted by Crippen LogP contribution is -2.25. The summed E-state index contributed by atoms with van der Waals surface area (Å²) in [5.74, 6) is 3.43. The lowest BCUT2D eigenvalue weighted by molar-refractivity contribution is 0.162. The molecule has 16 heavy (non-hydrogen) atoms. The first-order valence-corrected chi connectivity index (χ1v) is 7.19. The number of rotatable bonds is 6. The van der Waals surface area contributed by atoms with Crippen molar-refractivity contribution in [3.05, 3.63) is 0 Å². The van der Waals surface area contributed by atoms with E-state index >= 15 is 0 Å². The minimum Gasteiger partial charge on any atom is -0.0654 e. The van der Waals surface area contributed by atoms with Crippen molar-refractivity contribution in [2.24, 2.45) is 29.1 Å². The average Bonchev–Trinajstić information content (AvgIpc) is 2.13. The van der Waals surface area contributed by atoms with Crippen LogP contribution in [0.3, 0.4) is 0 Å². The Hall–Kier alpha value is 0. The van der Waals surface area contributed by atoms with Gasteiger partial charge < -0.3 is 0 Å². The lowest BCUT2D eigenvalue weighted by Gasteiger charge is -2.34. The number of hydrogen-bond acceptors (Lipinski definition) is 0. The van der Waals surface area contributed by atoms with Crippen LogP contribution in [0.15, 0.2) is 0 Å². The van der Waals surface area contributed by atoms with Crippen LogP contribution < -0.4 is 0 Å². The molecule has 0 radical (unpaired) electrons. The molecule has 0 spiro atoms. The minimum absolute atomic E-state index is 0.474. The second kappa shape index (κ2) is 6.67. The average molecular weight is 226 g/mol. The molecule has 0 saturated heterocycles. The molecule has 0 bridgehead atoms. The molecule has 0 aliphatic heterocycles. The normalized spacial score (nSPS) is 20.2. The van der Waals surface area contributed by atoms with Crippen molar-refractivity contribution in [3.63, 3.8) is 0 Å². The van der Waals surface area contributed by atoms with E-state index in [1.165, 1.54) is 19.3 Å². The Morgan fingerprint density at radius 1 is 0.812 bits per heavy atom. The van der Waals surface area contributed by atoms with Crippen LogP contribution in [0.1, 0.15) is 74.7 Å². The van der Waals surface area contributed by atoms with Crippen molar-refractivity contribution < 1.29 is 0 Å². The van der Waals surface area contributed by atoms with Crippen LogP contribution in [0.5, 0.6) is 0 Å². The molecular weight excluding hydrogens is 192 g/mol. The summed E-state index contributed by atoms with van der Waals surface area (Å²) in [6.07, 6.45) is 4.05.